The highest BCUT2D eigenvalue weighted by atomic mass is 79.9. The SMILES string of the molecule is O=C(O)c1cc(Br)cc(NC2CCSCC2)c1. The largest absolute Gasteiger partial charge is 0.478 e. The molecular formula is C12H14BrNO2S. The van der Waals surface area contributed by atoms with Crippen LogP contribution in [0, 0.1) is 0 Å². The first kappa shape index (κ1) is 12.8. The summed E-state index contributed by atoms with van der Waals surface area (Å²) in [6.07, 6.45) is 2.28. The van der Waals surface area contributed by atoms with Crippen molar-refractivity contribution in [1.82, 2.24) is 0 Å². The molecule has 1 fully saturated rings. The number of rotatable bonds is 3. The average molecular weight is 316 g/mol. The fourth-order valence-electron chi connectivity index (χ4n) is 1.87. The molecule has 1 aliphatic rings. The van der Waals surface area contributed by atoms with E-state index in [-0.39, 0.29) is 0 Å². The van der Waals surface area contributed by atoms with Gasteiger partial charge in [0, 0.05) is 16.2 Å². The van der Waals surface area contributed by atoms with E-state index in [1.54, 1.807) is 12.1 Å². The van der Waals surface area contributed by atoms with Gasteiger partial charge in [0.1, 0.15) is 0 Å². The minimum Gasteiger partial charge on any atom is -0.478 e. The number of hydrogen-bond acceptors (Lipinski definition) is 3. The van der Waals surface area contributed by atoms with Gasteiger partial charge in [-0.05, 0) is 42.5 Å². The Labute approximate surface area is 113 Å². The second kappa shape index (κ2) is 5.78. The Balaban J connectivity index is 2.11. The zero-order chi connectivity index (χ0) is 12.3. The minimum atomic E-state index is -0.895. The number of anilines is 1. The van der Waals surface area contributed by atoms with E-state index in [2.05, 4.69) is 21.2 Å². The van der Waals surface area contributed by atoms with Crippen LogP contribution in [0.25, 0.3) is 0 Å². The van der Waals surface area contributed by atoms with Crippen LogP contribution in [0.1, 0.15) is 23.2 Å². The zero-order valence-corrected chi connectivity index (χ0v) is 11.7. The lowest BCUT2D eigenvalue weighted by Crippen LogP contribution is -2.24. The molecule has 1 saturated heterocycles. The van der Waals surface area contributed by atoms with E-state index in [1.807, 2.05) is 17.8 Å². The van der Waals surface area contributed by atoms with Crippen LogP contribution in [0.5, 0.6) is 0 Å². The Morgan fingerprint density at radius 2 is 2.06 bits per heavy atom. The smallest absolute Gasteiger partial charge is 0.335 e. The number of nitrogens with one attached hydrogen (secondary N) is 1. The van der Waals surface area contributed by atoms with Crippen LogP contribution in [0.4, 0.5) is 5.69 Å². The van der Waals surface area contributed by atoms with Crippen LogP contribution in [0.2, 0.25) is 0 Å². The normalized spacial score (nSPS) is 16.8. The maximum atomic E-state index is 10.9. The number of hydrogen-bond donors (Lipinski definition) is 2. The van der Waals surface area contributed by atoms with E-state index in [4.69, 9.17) is 5.11 Å². The molecule has 0 atom stereocenters. The van der Waals surface area contributed by atoms with Gasteiger partial charge >= 0.3 is 5.97 Å². The molecule has 1 heterocycles. The van der Waals surface area contributed by atoms with E-state index in [0.717, 1.165) is 23.0 Å². The number of carboxylic acid groups (broad SMARTS) is 1. The predicted molar refractivity (Wildman–Crippen MR) is 75.1 cm³/mol. The molecule has 2 rings (SSSR count). The zero-order valence-electron chi connectivity index (χ0n) is 9.28. The number of carboxylic acids is 1. The molecule has 1 aromatic carbocycles. The summed E-state index contributed by atoms with van der Waals surface area (Å²) in [7, 11) is 0. The van der Waals surface area contributed by atoms with Gasteiger partial charge < -0.3 is 10.4 Å². The molecule has 0 spiro atoms. The van der Waals surface area contributed by atoms with Crippen LogP contribution < -0.4 is 5.32 Å². The first-order valence-corrected chi connectivity index (χ1v) is 7.48. The first-order valence-electron chi connectivity index (χ1n) is 5.53. The number of aromatic carboxylic acids is 1. The Bertz CT molecular complexity index is 419. The molecule has 1 aliphatic heterocycles. The van der Waals surface area contributed by atoms with Crippen molar-refractivity contribution < 1.29 is 9.90 Å². The van der Waals surface area contributed by atoms with Crippen molar-refractivity contribution in [1.29, 1.82) is 0 Å². The van der Waals surface area contributed by atoms with E-state index < -0.39 is 5.97 Å². The molecule has 17 heavy (non-hydrogen) atoms. The van der Waals surface area contributed by atoms with Crippen molar-refractivity contribution in [3.63, 3.8) is 0 Å². The summed E-state index contributed by atoms with van der Waals surface area (Å²) in [6, 6.07) is 5.69. The van der Waals surface area contributed by atoms with Crippen molar-refractivity contribution in [2.75, 3.05) is 16.8 Å². The summed E-state index contributed by atoms with van der Waals surface area (Å²) in [6.45, 7) is 0. The van der Waals surface area contributed by atoms with Crippen LogP contribution in [0.3, 0.4) is 0 Å². The second-order valence-corrected chi connectivity index (χ2v) is 6.21. The van der Waals surface area contributed by atoms with Gasteiger partial charge in [-0.2, -0.15) is 11.8 Å². The van der Waals surface area contributed by atoms with E-state index >= 15 is 0 Å². The fourth-order valence-corrected chi connectivity index (χ4v) is 3.47. The van der Waals surface area contributed by atoms with Crippen molar-refractivity contribution in [2.24, 2.45) is 0 Å². The third kappa shape index (κ3) is 3.64. The topological polar surface area (TPSA) is 49.3 Å². The number of thioether (sulfide) groups is 1. The summed E-state index contributed by atoms with van der Waals surface area (Å²) in [5.74, 6) is 1.46. The quantitative estimate of drug-likeness (QED) is 0.897. The predicted octanol–water partition coefficient (Wildman–Crippen LogP) is 3.45. The molecule has 0 radical (unpaired) electrons. The molecule has 0 aliphatic carbocycles. The van der Waals surface area contributed by atoms with Gasteiger partial charge in [0.15, 0.2) is 0 Å². The van der Waals surface area contributed by atoms with Crippen LogP contribution in [-0.2, 0) is 0 Å². The maximum Gasteiger partial charge on any atom is 0.335 e. The Morgan fingerprint density at radius 3 is 2.71 bits per heavy atom. The van der Waals surface area contributed by atoms with Crippen LogP contribution in [0.15, 0.2) is 22.7 Å². The summed E-state index contributed by atoms with van der Waals surface area (Å²) in [5.41, 5.74) is 1.20. The average Bonchev–Trinajstić information content (AvgIpc) is 2.29. The number of benzene rings is 1. The van der Waals surface area contributed by atoms with Crippen molar-refractivity contribution in [3.05, 3.63) is 28.2 Å². The molecule has 5 heteroatoms. The van der Waals surface area contributed by atoms with Crippen molar-refractivity contribution in [3.8, 4) is 0 Å². The van der Waals surface area contributed by atoms with Gasteiger partial charge in [0.25, 0.3) is 0 Å². The van der Waals surface area contributed by atoms with Gasteiger partial charge in [-0.1, -0.05) is 15.9 Å². The monoisotopic (exact) mass is 315 g/mol. The first-order chi connectivity index (χ1) is 8.15. The molecule has 0 amide bonds. The van der Waals surface area contributed by atoms with Gasteiger partial charge in [0.05, 0.1) is 5.56 Å². The third-order valence-electron chi connectivity index (χ3n) is 2.74. The molecule has 1 aromatic rings. The fraction of sp³-hybridized carbons (Fsp3) is 0.417. The van der Waals surface area contributed by atoms with Gasteiger partial charge in [-0.3, -0.25) is 0 Å². The molecule has 0 aromatic heterocycles. The maximum absolute atomic E-state index is 10.9. The Kier molecular flexibility index (Phi) is 4.34. The molecular weight excluding hydrogens is 302 g/mol. The lowest BCUT2D eigenvalue weighted by molar-refractivity contribution is 0.0697. The summed E-state index contributed by atoms with van der Waals surface area (Å²) in [5, 5.41) is 12.4. The van der Waals surface area contributed by atoms with Gasteiger partial charge in [0.2, 0.25) is 0 Å². The number of halogens is 1. The molecule has 92 valence electrons. The lowest BCUT2D eigenvalue weighted by atomic mass is 10.1. The molecule has 0 saturated carbocycles. The van der Waals surface area contributed by atoms with Crippen molar-refractivity contribution in [2.45, 2.75) is 18.9 Å². The standard InChI is InChI=1S/C12H14BrNO2S/c13-9-5-8(12(15)16)6-11(7-9)14-10-1-3-17-4-2-10/h5-7,10,14H,1-4H2,(H,15,16). The highest BCUT2D eigenvalue weighted by molar-refractivity contribution is 9.10. The summed E-state index contributed by atoms with van der Waals surface area (Å²) < 4.78 is 0.796. The highest BCUT2D eigenvalue weighted by Gasteiger charge is 2.14. The summed E-state index contributed by atoms with van der Waals surface area (Å²) in [4.78, 5) is 10.9. The van der Waals surface area contributed by atoms with Crippen LogP contribution >= 0.6 is 27.7 Å². The third-order valence-corrected chi connectivity index (χ3v) is 4.24. The van der Waals surface area contributed by atoms with E-state index in [9.17, 15) is 4.79 Å². The van der Waals surface area contributed by atoms with E-state index in [1.165, 1.54) is 11.5 Å². The van der Waals surface area contributed by atoms with Gasteiger partial charge in [-0.15, -0.1) is 0 Å². The Morgan fingerprint density at radius 1 is 1.35 bits per heavy atom. The molecule has 0 unspecified atom stereocenters. The summed E-state index contributed by atoms with van der Waals surface area (Å²) >= 11 is 5.32. The minimum absolute atomic E-state index is 0.312. The van der Waals surface area contributed by atoms with E-state index in [0.29, 0.717) is 11.6 Å². The van der Waals surface area contributed by atoms with Crippen LogP contribution in [-0.4, -0.2) is 28.6 Å². The highest BCUT2D eigenvalue weighted by Crippen LogP contribution is 2.24. The van der Waals surface area contributed by atoms with Gasteiger partial charge in [-0.25, -0.2) is 4.79 Å². The molecule has 0 bridgehead atoms. The lowest BCUT2D eigenvalue weighted by Gasteiger charge is -2.23. The molecule has 2 N–H and O–H groups in total. The number of carbonyl (C=O) groups is 1. The van der Waals surface area contributed by atoms with Crippen molar-refractivity contribution >= 4 is 39.3 Å². The molecule has 3 nitrogen and oxygen atoms in total. The Hall–Kier alpha value is -0.680. The second-order valence-electron chi connectivity index (χ2n) is 4.06.